The monoisotopic (exact) mass is 685 g/mol. The lowest BCUT2D eigenvalue weighted by molar-refractivity contribution is -0.122. The van der Waals surface area contributed by atoms with Gasteiger partial charge in [-0.15, -0.1) is 0 Å². The predicted octanol–water partition coefficient (Wildman–Crippen LogP) is 3.61. The van der Waals surface area contributed by atoms with Gasteiger partial charge < -0.3 is 40.1 Å². The number of likely N-dealkylation sites (tertiary alicyclic amines) is 1. The van der Waals surface area contributed by atoms with Crippen LogP contribution in [0, 0.1) is 0 Å². The van der Waals surface area contributed by atoms with Gasteiger partial charge in [-0.3, -0.25) is 9.36 Å². The molecule has 15 nitrogen and oxygen atoms in total. The predicted molar refractivity (Wildman–Crippen MR) is 185 cm³/mol. The van der Waals surface area contributed by atoms with Gasteiger partial charge in [0.1, 0.15) is 12.2 Å². The van der Waals surface area contributed by atoms with Crippen LogP contribution < -0.4 is 10.6 Å². The fraction of sp³-hybridized carbons (Fsp3) is 0.429. The lowest BCUT2D eigenvalue weighted by Gasteiger charge is -2.26. The number of aryl methyl sites for hydroxylation is 1. The molecule has 0 bridgehead atoms. The van der Waals surface area contributed by atoms with Crippen LogP contribution in [0.1, 0.15) is 67.3 Å². The van der Waals surface area contributed by atoms with Gasteiger partial charge in [-0.25, -0.2) is 4.98 Å². The summed E-state index contributed by atoms with van der Waals surface area (Å²) in [6.07, 6.45) is 1.30. The molecule has 0 radical (unpaired) electrons. The number of imidazole rings is 1. The van der Waals surface area contributed by atoms with Gasteiger partial charge in [0.25, 0.3) is 6.47 Å². The molecule has 2 saturated heterocycles. The second-order valence-corrected chi connectivity index (χ2v) is 12.2. The summed E-state index contributed by atoms with van der Waals surface area (Å²) in [5, 5.41) is 39.9. The van der Waals surface area contributed by atoms with Gasteiger partial charge in [-0.2, -0.15) is 15.0 Å². The van der Waals surface area contributed by atoms with E-state index in [0.717, 1.165) is 19.6 Å². The minimum absolute atomic E-state index is 0.0545. The van der Waals surface area contributed by atoms with E-state index in [2.05, 4.69) is 54.9 Å². The maximum Gasteiger partial charge on any atom is 0.290 e. The normalized spacial score (nSPS) is 20.8. The van der Waals surface area contributed by atoms with E-state index in [4.69, 9.17) is 29.1 Å². The summed E-state index contributed by atoms with van der Waals surface area (Å²) < 4.78 is 13.0. The Hall–Kier alpha value is -4.96. The zero-order valence-electron chi connectivity index (χ0n) is 27.9. The highest BCUT2D eigenvalue weighted by Crippen LogP contribution is 2.39. The molecule has 2 aliphatic heterocycles. The molecule has 264 valence electrons. The number of aliphatic hydroxyl groups excluding tert-OH is 2. The van der Waals surface area contributed by atoms with Crippen molar-refractivity contribution in [2.75, 3.05) is 43.4 Å². The third-order valence-electron chi connectivity index (χ3n) is 9.01. The molecule has 2 fully saturated rings. The lowest BCUT2D eigenvalue weighted by atomic mass is 9.91. The standard InChI is InChI=1S/C34H41N9O4.CH2O2/c1-2-25-38-31(41-47-25)29-27(44)28(45)33(46-29)43-21-37-26-30(39-34(40-32(26)43)35-16-19-42-17-10-5-11-18-42)36-20-24(22-12-6-3-7-13-22)23-14-8-4-9-15-23;2-1-3/h3-4,6-9,12-15,21,24,27-29,33,44-45H,2,5,10-11,16-20H2,1H3,(H2,35,36,39,40);1H,(H,2,3)/t27-,28+,29-,33+;/m0./s1. The number of benzene rings is 2. The first kappa shape index (κ1) is 34.9. The molecule has 2 aromatic carbocycles. The number of nitrogens with zero attached hydrogens (tertiary/aromatic N) is 7. The summed E-state index contributed by atoms with van der Waals surface area (Å²) in [5.74, 6) is 1.66. The lowest BCUT2D eigenvalue weighted by Crippen LogP contribution is -2.34. The summed E-state index contributed by atoms with van der Waals surface area (Å²) in [6.45, 7) is 5.96. The molecule has 50 heavy (non-hydrogen) atoms. The van der Waals surface area contributed by atoms with E-state index in [9.17, 15) is 10.2 Å². The fourth-order valence-electron chi connectivity index (χ4n) is 6.44. The third kappa shape index (κ3) is 7.91. The molecule has 3 aromatic heterocycles. The fourth-order valence-corrected chi connectivity index (χ4v) is 6.44. The molecule has 7 rings (SSSR count). The molecule has 4 atom stereocenters. The zero-order valence-corrected chi connectivity index (χ0v) is 27.9. The number of carboxylic acid groups (broad SMARTS) is 1. The number of aromatic nitrogens is 6. The third-order valence-corrected chi connectivity index (χ3v) is 9.01. The highest BCUT2D eigenvalue weighted by Gasteiger charge is 2.47. The number of anilines is 2. The Kier molecular flexibility index (Phi) is 11.6. The van der Waals surface area contributed by atoms with Crippen molar-refractivity contribution in [3.8, 4) is 0 Å². The highest BCUT2D eigenvalue weighted by molar-refractivity contribution is 5.84. The van der Waals surface area contributed by atoms with Crippen LogP contribution in [0.15, 0.2) is 71.5 Å². The average molecular weight is 686 g/mol. The minimum atomic E-state index is -1.29. The van der Waals surface area contributed by atoms with Crippen LogP contribution in [0.5, 0.6) is 0 Å². The van der Waals surface area contributed by atoms with Crippen molar-refractivity contribution in [1.29, 1.82) is 0 Å². The Bertz CT molecular complexity index is 1760. The summed E-state index contributed by atoms with van der Waals surface area (Å²) >= 11 is 0. The van der Waals surface area contributed by atoms with Gasteiger partial charge >= 0.3 is 0 Å². The SMILES string of the molecule is CCc1nc([C@H]2O[C@@H](n3cnc4c(NCC(c5ccccc5)c5ccccc5)nc(NCCN5CCCCC5)nc43)[C@H](O)[C@@H]2O)no1.O=CO. The molecule has 5 N–H and O–H groups in total. The summed E-state index contributed by atoms with van der Waals surface area (Å²) in [5.41, 5.74) is 3.33. The number of hydrogen-bond acceptors (Lipinski definition) is 13. The van der Waals surface area contributed by atoms with Crippen LogP contribution in [-0.4, -0.2) is 101 Å². The number of piperidine rings is 1. The number of aliphatic hydroxyl groups is 2. The van der Waals surface area contributed by atoms with E-state index >= 15 is 0 Å². The number of fused-ring (bicyclic) bond motifs is 1. The van der Waals surface area contributed by atoms with Gasteiger partial charge in [-0.05, 0) is 37.1 Å². The number of carbonyl (C=O) groups is 1. The molecule has 2 aliphatic rings. The number of hydrogen-bond donors (Lipinski definition) is 5. The van der Waals surface area contributed by atoms with Crippen LogP contribution in [0.2, 0.25) is 0 Å². The van der Waals surface area contributed by atoms with E-state index in [1.165, 1.54) is 30.4 Å². The van der Waals surface area contributed by atoms with E-state index in [0.29, 0.717) is 48.3 Å². The van der Waals surface area contributed by atoms with Crippen molar-refractivity contribution in [2.45, 2.75) is 63.1 Å². The van der Waals surface area contributed by atoms with Gasteiger partial charge in [0.2, 0.25) is 17.7 Å². The van der Waals surface area contributed by atoms with Crippen LogP contribution in [-0.2, 0) is 16.0 Å². The molecular formula is C35H43N9O6. The average Bonchev–Trinajstić information content (AvgIpc) is 3.88. The van der Waals surface area contributed by atoms with E-state index in [1.54, 1.807) is 10.9 Å². The van der Waals surface area contributed by atoms with Crippen molar-refractivity contribution in [3.63, 3.8) is 0 Å². The smallest absolute Gasteiger partial charge is 0.290 e. The molecule has 5 heterocycles. The first-order valence-corrected chi connectivity index (χ1v) is 17.0. The zero-order chi connectivity index (χ0) is 34.9. The van der Waals surface area contributed by atoms with Crippen LogP contribution in [0.4, 0.5) is 11.8 Å². The van der Waals surface area contributed by atoms with Crippen molar-refractivity contribution >= 4 is 29.4 Å². The Morgan fingerprint density at radius 1 is 0.940 bits per heavy atom. The van der Waals surface area contributed by atoms with E-state index in [1.807, 2.05) is 43.3 Å². The number of rotatable bonds is 12. The van der Waals surface area contributed by atoms with E-state index in [-0.39, 0.29) is 18.2 Å². The highest BCUT2D eigenvalue weighted by atomic mass is 16.6. The van der Waals surface area contributed by atoms with Gasteiger partial charge in [-0.1, -0.05) is 79.2 Å². The van der Waals surface area contributed by atoms with Gasteiger partial charge in [0, 0.05) is 32.0 Å². The molecule has 0 spiro atoms. The summed E-state index contributed by atoms with van der Waals surface area (Å²) in [4.78, 5) is 29.5. The Morgan fingerprint density at radius 3 is 2.26 bits per heavy atom. The Morgan fingerprint density at radius 2 is 1.62 bits per heavy atom. The van der Waals surface area contributed by atoms with Crippen molar-refractivity contribution in [2.24, 2.45) is 0 Å². The van der Waals surface area contributed by atoms with Crippen molar-refractivity contribution in [1.82, 2.24) is 34.6 Å². The molecule has 5 aromatic rings. The van der Waals surface area contributed by atoms with Crippen molar-refractivity contribution < 1.29 is 29.4 Å². The second kappa shape index (κ2) is 16.6. The molecule has 0 amide bonds. The number of ether oxygens (including phenoxy) is 1. The molecule has 15 heteroatoms. The Balaban J connectivity index is 0.00000139. The summed E-state index contributed by atoms with van der Waals surface area (Å²) in [7, 11) is 0. The largest absolute Gasteiger partial charge is 0.483 e. The molecule has 0 unspecified atom stereocenters. The van der Waals surface area contributed by atoms with Crippen LogP contribution >= 0.6 is 0 Å². The maximum absolute atomic E-state index is 11.1. The topological polar surface area (TPSA) is 197 Å². The Labute approximate surface area is 289 Å². The molecular weight excluding hydrogens is 642 g/mol. The first-order chi connectivity index (χ1) is 24.5. The molecule has 0 aliphatic carbocycles. The van der Waals surface area contributed by atoms with Crippen LogP contribution in [0.25, 0.3) is 11.2 Å². The first-order valence-electron chi connectivity index (χ1n) is 17.0. The minimum Gasteiger partial charge on any atom is -0.483 e. The molecule has 0 saturated carbocycles. The van der Waals surface area contributed by atoms with E-state index < -0.39 is 24.5 Å². The summed E-state index contributed by atoms with van der Waals surface area (Å²) in [6, 6.07) is 20.7. The van der Waals surface area contributed by atoms with Gasteiger partial charge in [0.05, 0.1) is 6.33 Å². The quantitative estimate of drug-likeness (QED) is 0.119. The maximum atomic E-state index is 11.1. The second-order valence-electron chi connectivity index (χ2n) is 12.2. The van der Waals surface area contributed by atoms with Gasteiger partial charge in [0.15, 0.2) is 29.3 Å². The number of nitrogens with one attached hydrogen (secondary N) is 2. The van der Waals surface area contributed by atoms with Crippen molar-refractivity contribution in [3.05, 3.63) is 89.8 Å². The van der Waals surface area contributed by atoms with Crippen LogP contribution in [0.3, 0.4) is 0 Å².